The first kappa shape index (κ1) is 18.4. The second kappa shape index (κ2) is 9.38. The fraction of sp³-hybridized carbons (Fsp3) is 0.533. The molecular weight excluding hydrogens is 304 g/mol. The molecule has 1 unspecified atom stereocenters. The van der Waals surface area contributed by atoms with Gasteiger partial charge in [0, 0.05) is 44.5 Å². The van der Waals surface area contributed by atoms with Crippen LogP contribution in [0.5, 0.6) is 0 Å². The highest BCUT2D eigenvalue weighted by Crippen LogP contribution is 2.04. The van der Waals surface area contributed by atoms with Crippen LogP contribution >= 0.6 is 12.4 Å². The summed E-state index contributed by atoms with van der Waals surface area (Å²) in [6.07, 6.45) is 2.62. The van der Waals surface area contributed by atoms with Gasteiger partial charge in [0.1, 0.15) is 0 Å². The SMILES string of the molecule is CCN1CCNC(CC(=O)NCCc2ccccn2)C1=O.Cl. The number of aromatic nitrogens is 1. The minimum absolute atomic E-state index is 0. The summed E-state index contributed by atoms with van der Waals surface area (Å²) < 4.78 is 0. The summed E-state index contributed by atoms with van der Waals surface area (Å²) in [6, 6.07) is 5.32. The molecule has 7 heteroatoms. The third-order valence-electron chi connectivity index (χ3n) is 3.58. The fourth-order valence-corrected chi connectivity index (χ4v) is 2.40. The lowest BCUT2D eigenvalue weighted by Gasteiger charge is -2.32. The first-order chi connectivity index (χ1) is 10.2. The molecule has 122 valence electrons. The fourth-order valence-electron chi connectivity index (χ4n) is 2.40. The Morgan fingerprint density at radius 3 is 3.00 bits per heavy atom. The van der Waals surface area contributed by atoms with Gasteiger partial charge in [0.2, 0.25) is 11.8 Å². The zero-order chi connectivity index (χ0) is 15.1. The summed E-state index contributed by atoms with van der Waals surface area (Å²) >= 11 is 0. The van der Waals surface area contributed by atoms with Crippen LogP contribution in [-0.2, 0) is 16.0 Å². The summed E-state index contributed by atoms with van der Waals surface area (Å²) in [7, 11) is 0. The van der Waals surface area contributed by atoms with Gasteiger partial charge >= 0.3 is 0 Å². The van der Waals surface area contributed by atoms with E-state index in [2.05, 4.69) is 15.6 Å². The molecule has 0 bridgehead atoms. The minimum atomic E-state index is -0.395. The molecule has 1 fully saturated rings. The highest BCUT2D eigenvalue weighted by molar-refractivity contribution is 5.88. The Kier molecular flexibility index (Phi) is 7.84. The second-order valence-electron chi connectivity index (χ2n) is 5.05. The standard InChI is InChI=1S/C15H22N4O2.ClH/c1-2-19-10-9-17-13(15(19)21)11-14(20)18-8-6-12-5-3-4-7-16-12;/h3-5,7,13,17H,2,6,8-11H2,1H3,(H,18,20);1H. The zero-order valence-corrected chi connectivity index (χ0v) is 13.6. The number of nitrogens with zero attached hydrogens (tertiary/aromatic N) is 2. The number of nitrogens with one attached hydrogen (secondary N) is 2. The predicted molar refractivity (Wildman–Crippen MR) is 86.9 cm³/mol. The van der Waals surface area contributed by atoms with E-state index >= 15 is 0 Å². The van der Waals surface area contributed by atoms with Crippen molar-refractivity contribution < 1.29 is 9.59 Å². The molecule has 2 heterocycles. The lowest BCUT2D eigenvalue weighted by molar-refractivity contribution is -0.138. The van der Waals surface area contributed by atoms with Crippen molar-refractivity contribution in [3.05, 3.63) is 30.1 Å². The van der Waals surface area contributed by atoms with Crippen molar-refractivity contribution in [2.24, 2.45) is 0 Å². The van der Waals surface area contributed by atoms with Gasteiger partial charge < -0.3 is 15.5 Å². The van der Waals surface area contributed by atoms with E-state index in [1.807, 2.05) is 25.1 Å². The van der Waals surface area contributed by atoms with E-state index in [4.69, 9.17) is 0 Å². The number of pyridine rings is 1. The first-order valence-corrected chi connectivity index (χ1v) is 7.39. The number of carbonyl (C=O) groups excluding carboxylic acids is 2. The average molecular weight is 327 g/mol. The minimum Gasteiger partial charge on any atom is -0.356 e. The van der Waals surface area contributed by atoms with Crippen molar-refractivity contribution in [2.45, 2.75) is 25.8 Å². The van der Waals surface area contributed by atoms with Crippen LogP contribution in [0.4, 0.5) is 0 Å². The van der Waals surface area contributed by atoms with Crippen LogP contribution in [0.15, 0.2) is 24.4 Å². The molecule has 6 nitrogen and oxygen atoms in total. The number of amides is 2. The van der Waals surface area contributed by atoms with Crippen molar-refractivity contribution in [2.75, 3.05) is 26.2 Å². The van der Waals surface area contributed by atoms with Crippen LogP contribution in [0, 0.1) is 0 Å². The number of carbonyl (C=O) groups is 2. The molecule has 0 aromatic carbocycles. The van der Waals surface area contributed by atoms with Gasteiger partial charge in [0.05, 0.1) is 12.5 Å². The van der Waals surface area contributed by atoms with Crippen molar-refractivity contribution in [1.29, 1.82) is 0 Å². The van der Waals surface area contributed by atoms with E-state index in [9.17, 15) is 9.59 Å². The summed E-state index contributed by atoms with van der Waals surface area (Å²) in [5, 5.41) is 5.95. The Morgan fingerprint density at radius 2 is 2.32 bits per heavy atom. The molecule has 1 aliphatic rings. The van der Waals surface area contributed by atoms with Crippen molar-refractivity contribution >= 4 is 24.2 Å². The molecule has 22 heavy (non-hydrogen) atoms. The lowest BCUT2D eigenvalue weighted by Crippen LogP contribution is -2.56. The Bertz CT molecular complexity index is 484. The Labute approximate surface area is 137 Å². The number of likely N-dealkylation sites (N-methyl/N-ethyl adjacent to an activating group) is 1. The monoisotopic (exact) mass is 326 g/mol. The molecule has 1 atom stereocenters. The third kappa shape index (κ3) is 5.27. The summed E-state index contributed by atoms with van der Waals surface area (Å²) in [5.41, 5.74) is 0.946. The zero-order valence-electron chi connectivity index (χ0n) is 12.7. The molecule has 0 radical (unpaired) electrons. The van der Waals surface area contributed by atoms with Gasteiger partial charge in [-0.3, -0.25) is 14.6 Å². The maximum atomic E-state index is 12.1. The van der Waals surface area contributed by atoms with E-state index in [0.29, 0.717) is 26.1 Å². The normalized spacial score (nSPS) is 17.8. The largest absolute Gasteiger partial charge is 0.356 e. The van der Waals surface area contributed by atoms with Gasteiger partial charge in [0.25, 0.3) is 0 Å². The topological polar surface area (TPSA) is 74.3 Å². The number of rotatable bonds is 6. The molecule has 2 rings (SSSR count). The Balaban J connectivity index is 0.00000242. The maximum Gasteiger partial charge on any atom is 0.240 e. The van der Waals surface area contributed by atoms with Crippen LogP contribution in [-0.4, -0.2) is 53.9 Å². The smallest absolute Gasteiger partial charge is 0.240 e. The molecule has 1 aliphatic heterocycles. The molecule has 0 saturated carbocycles. The number of hydrogen-bond acceptors (Lipinski definition) is 4. The van der Waals surface area contributed by atoms with Crippen LogP contribution in [0.1, 0.15) is 19.0 Å². The van der Waals surface area contributed by atoms with Crippen LogP contribution in [0.3, 0.4) is 0 Å². The highest BCUT2D eigenvalue weighted by atomic mass is 35.5. The number of halogens is 1. The van der Waals surface area contributed by atoms with E-state index in [0.717, 1.165) is 12.2 Å². The predicted octanol–water partition coefficient (Wildman–Crippen LogP) is 0.373. The molecule has 1 saturated heterocycles. The van der Waals surface area contributed by atoms with Gasteiger partial charge in [-0.15, -0.1) is 12.4 Å². The van der Waals surface area contributed by atoms with E-state index < -0.39 is 6.04 Å². The Hall–Kier alpha value is -1.66. The van der Waals surface area contributed by atoms with Gasteiger partial charge in [-0.2, -0.15) is 0 Å². The number of hydrogen-bond donors (Lipinski definition) is 2. The van der Waals surface area contributed by atoms with Gasteiger partial charge in [0.15, 0.2) is 0 Å². The summed E-state index contributed by atoms with van der Waals surface area (Å²) in [5.74, 6) is -0.0849. The molecule has 1 aromatic heterocycles. The molecule has 1 aromatic rings. The number of piperazine rings is 1. The van der Waals surface area contributed by atoms with E-state index in [1.54, 1.807) is 11.1 Å². The lowest BCUT2D eigenvalue weighted by atomic mass is 10.1. The Morgan fingerprint density at radius 1 is 1.50 bits per heavy atom. The maximum absolute atomic E-state index is 12.1. The van der Waals surface area contributed by atoms with E-state index in [-0.39, 0.29) is 30.6 Å². The van der Waals surface area contributed by atoms with Crippen LogP contribution < -0.4 is 10.6 Å². The van der Waals surface area contributed by atoms with Gasteiger partial charge in [-0.1, -0.05) is 6.07 Å². The quantitative estimate of drug-likeness (QED) is 0.792. The van der Waals surface area contributed by atoms with E-state index in [1.165, 1.54) is 0 Å². The van der Waals surface area contributed by atoms with Gasteiger partial charge in [-0.05, 0) is 19.1 Å². The van der Waals surface area contributed by atoms with Crippen molar-refractivity contribution in [3.63, 3.8) is 0 Å². The third-order valence-corrected chi connectivity index (χ3v) is 3.58. The first-order valence-electron chi connectivity index (χ1n) is 7.39. The van der Waals surface area contributed by atoms with Crippen LogP contribution in [0.25, 0.3) is 0 Å². The molecule has 0 aliphatic carbocycles. The van der Waals surface area contributed by atoms with Crippen molar-refractivity contribution in [1.82, 2.24) is 20.5 Å². The summed E-state index contributed by atoms with van der Waals surface area (Å²) in [6.45, 7) is 4.64. The molecular formula is C15H23ClN4O2. The van der Waals surface area contributed by atoms with Crippen molar-refractivity contribution in [3.8, 4) is 0 Å². The highest BCUT2D eigenvalue weighted by Gasteiger charge is 2.28. The van der Waals surface area contributed by atoms with Crippen LogP contribution in [0.2, 0.25) is 0 Å². The molecule has 2 N–H and O–H groups in total. The molecule has 2 amide bonds. The second-order valence-corrected chi connectivity index (χ2v) is 5.05. The molecule has 0 spiro atoms. The average Bonchev–Trinajstić information content (AvgIpc) is 2.50. The summed E-state index contributed by atoms with van der Waals surface area (Å²) in [4.78, 5) is 29.9. The van der Waals surface area contributed by atoms with Gasteiger partial charge in [-0.25, -0.2) is 0 Å².